The number of hydrogen-bond donors (Lipinski definition) is 1. The Morgan fingerprint density at radius 3 is 2.46 bits per heavy atom. The molecule has 0 aromatic carbocycles. The van der Waals surface area contributed by atoms with Crippen molar-refractivity contribution in [3.8, 4) is 0 Å². The zero-order valence-corrected chi connectivity index (χ0v) is 8.84. The van der Waals surface area contributed by atoms with Gasteiger partial charge in [0.2, 0.25) is 5.91 Å². The van der Waals surface area contributed by atoms with E-state index in [0.717, 1.165) is 25.9 Å². The molecule has 3 nitrogen and oxygen atoms in total. The van der Waals surface area contributed by atoms with Crippen LogP contribution >= 0.6 is 0 Å². The summed E-state index contributed by atoms with van der Waals surface area (Å²) in [6, 6.07) is 0. The van der Waals surface area contributed by atoms with Crippen molar-refractivity contribution in [3.63, 3.8) is 0 Å². The van der Waals surface area contributed by atoms with Crippen molar-refractivity contribution in [1.82, 2.24) is 4.90 Å². The first-order valence-electron chi connectivity index (χ1n) is 5.06. The summed E-state index contributed by atoms with van der Waals surface area (Å²) < 4.78 is 0. The molecule has 1 rings (SSSR count). The predicted molar refractivity (Wildman–Crippen MR) is 53.2 cm³/mol. The van der Waals surface area contributed by atoms with Crippen molar-refractivity contribution in [3.05, 3.63) is 0 Å². The topological polar surface area (TPSA) is 46.3 Å². The Morgan fingerprint density at radius 1 is 1.54 bits per heavy atom. The number of nitrogens with zero attached hydrogens (tertiary/aromatic N) is 1. The molecule has 0 bridgehead atoms. The van der Waals surface area contributed by atoms with Crippen LogP contribution in [0.15, 0.2) is 0 Å². The van der Waals surface area contributed by atoms with E-state index in [0.29, 0.717) is 0 Å². The molecule has 0 aromatic rings. The molecule has 1 heterocycles. The molecule has 0 aliphatic carbocycles. The highest BCUT2D eigenvalue weighted by Gasteiger charge is 2.41. The lowest BCUT2D eigenvalue weighted by Gasteiger charge is -2.48. The van der Waals surface area contributed by atoms with Crippen LogP contribution in [-0.2, 0) is 4.79 Å². The number of nitrogens with two attached hydrogens (primary N) is 1. The number of likely N-dealkylation sites (tertiary alicyclic amines) is 1. The van der Waals surface area contributed by atoms with Crippen LogP contribution in [0.2, 0.25) is 0 Å². The Hall–Kier alpha value is -0.570. The minimum atomic E-state index is -0.0840. The van der Waals surface area contributed by atoms with Crippen molar-refractivity contribution >= 4 is 5.91 Å². The fourth-order valence-corrected chi connectivity index (χ4v) is 1.89. The van der Waals surface area contributed by atoms with Crippen LogP contribution in [0.1, 0.15) is 33.6 Å². The largest absolute Gasteiger partial charge is 0.339 e. The van der Waals surface area contributed by atoms with E-state index in [1.807, 2.05) is 18.7 Å². The van der Waals surface area contributed by atoms with Gasteiger partial charge in [0, 0.05) is 19.0 Å². The molecule has 3 heteroatoms. The van der Waals surface area contributed by atoms with Crippen LogP contribution in [0.25, 0.3) is 0 Å². The van der Waals surface area contributed by atoms with Gasteiger partial charge in [0.1, 0.15) is 0 Å². The van der Waals surface area contributed by atoms with Crippen LogP contribution in [-0.4, -0.2) is 29.4 Å². The summed E-state index contributed by atoms with van der Waals surface area (Å²) in [6.45, 7) is 7.48. The number of carbonyl (C=O) groups is 1. The van der Waals surface area contributed by atoms with E-state index in [1.165, 1.54) is 0 Å². The van der Waals surface area contributed by atoms with E-state index in [2.05, 4.69) is 6.92 Å². The van der Waals surface area contributed by atoms with Crippen LogP contribution in [0.5, 0.6) is 0 Å². The molecular formula is C10H20N2O. The lowest BCUT2D eigenvalue weighted by molar-refractivity contribution is -0.142. The third-order valence-corrected chi connectivity index (χ3v) is 2.56. The van der Waals surface area contributed by atoms with Crippen molar-refractivity contribution in [1.29, 1.82) is 0 Å². The smallest absolute Gasteiger partial charge is 0.225 e. The van der Waals surface area contributed by atoms with Gasteiger partial charge in [-0.1, -0.05) is 27.2 Å². The van der Waals surface area contributed by atoms with Gasteiger partial charge in [-0.3, -0.25) is 4.79 Å². The fourth-order valence-electron chi connectivity index (χ4n) is 1.89. The SMILES string of the molecule is CCCC1(N)CN(C(=O)C(C)C)C1. The predicted octanol–water partition coefficient (Wildman–Crippen LogP) is 0.982. The first-order valence-corrected chi connectivity index (χ1v) is 5.06. The number of hydrogen-bond acceptors (Lipinski definition) is 2. The highest BCUT2D eigenvalue weighted by atomic mass is 16.2. The maximum absolute atomic E-state index is 11.5. The third-order valence-electron chi connectivity index (χ3n) is 2.56. The number of carbonyl (C=O) groups excluding carboxylic acids is 1. The molecule has 0 unspecified atom stereocenters. The minimum Gasteiger partial charge on any atom is -0.339 e. The van der Waals surface area contributed by atoms with E-state index in [4.69, 9.17) is 5.73 Å². The summed E-state index contributed by atoms with van der Waals surface area (Å²) in [6.07, 6.45) is 2.12. The summed E-state index contributed by atoms with van der Waals surface area (Å²) in [4.78, 5) is 13.3. The highest BCUT2D eigenvalue weighted by Crippen LogP contribution is 2.24. The molecule has 0 radical (unpaired) electrons. The van der Waals surface area contributed by atoms with Crippen LogP contribution < -0.4 is 5.73 Å². The molecular weight excluding hydrogens is 164 g/mol. The third kappa shape index (κ3) is 2.21. The van der Waals surface area contributed by atoms with E-state index in [-0.39, 0.29) is 17.4 Å². The Bertz CT molecular complexity index is 195. The van der Waals surface area contributed by atoms with Gasteiger partial charge in [0.25, 0.3) is 0 Å². The molecule has 0 aromatic heterocycles. The van der Waals surface area contributed by atoms with E-state index >= 15 is 0 Å². The summed E-state index contributed by atoms with van der Waals surface area (Å²) in [5.74, 6) is 0.336. The average Bonchev–Trinajstić information content (AvgIpc) is 1.99. The molecule has 13 heavy (non-hydrogen) atoms. The zero-order valence-electron chi connectivity index (χ0n) is 8.84. The summed E-state index contributed by atoms with van der Waals surface area (Å²) >= 11 is 0. The van der Waals surface area contributed by atoms with Gasteiger partial charge in [0.05, 0.1) is 5.54 Å². The van der Waals surface area contributed by atoms with E-state index < -0.39 is 0 Å². The maximum Gasteiger partial charge on any atom is 0.225 e. The quantitative estimate of drug-likeness (QED) is 0.710. The molecule has 1 aliphatic rings. The molecule has 1 fully saturated rings. The van der Waals surface area contributed by atoms with E-state index in [1.54, 1.807) is 0 Å². The molecule has 0 atom stereocenters. The van der Waals surface area contributed by atoms with Crippen molar-refractivity contribution in [2.75, 3.05) is 13.1 Å². The first-order chi connectivity index (χ1) is 5.98. The van der Waals surface area contributed by atoms with Gasteiger partial charge in [-0.15, -0.1) is 0 Å². The number of rotatable bonds is 3. The maximum atomic E-state index is 11.5. The van der Waals surface area contributed by atoms with Gasteiger partial charge < -0.3 is 10.6 Å². The second-order valence-corrected chi connectivity index (χ2v) is 4.46. The van der Waals surface area contributed by atoms with Crippen LogP contribution in [0.3, 0.4) is 0 Å². The van der Waals surface area contributed by atoms with Crippen LogP contribution in [0, 0.1) is 5.92 Å². The second kappa shape index (κ2) is 3.66. The van der Waals surface area contributed by atoms with Gasteiger partial charge >= 0.3 is 0 Å². The Kier molecular flexibility index (Phi) is 2.96. The molecule has 1 saturated heterocycles. The summed E-state index contributed by atoms with van der Waals surface area (Å²) in [7, 11) is 0. The number of amides is 1. The van der Waals surface area contributed by atoms with Gasteiger partial charge in [0.15, 0.2) is 0 Å². The molecule has 1 aliphatic heterocycles. The fraction of sp³-hybridized carbons (Fsp3) is 0.900. The Balaban J connectivity index is 2.36. The highest BCUT2D eigenvalue weighted by molar-refractivity contribution is 5.79. The molecule has 76 valence electrons. The van der Waals surface area contributed by atoms with Crippen molar-refractivity contribution in [2.24, 2.45) is 11.7 Å². The molecule has 1 amide bonds. The normalized spacial score (nSPS) is 20.2. The zero-order chi connectivity index (χ0) is 10.1. The summed E-state index contributed by atoms with van der Waals surface area (Å²) in [5.41, 5.74) is 5.96. The monoisotopic (exact) mass is 184 g/mol. The van der Waals surface area contributed by atoms with Crippen molar-refractivity contribution in [2.45, 2.75) is 39.2 Å². The molecule has 2 N–H and O–H groups in total. The Morgan fingerprint density at radius 2 is 2.08 bits per heavy atom. The lowest BCUT2D eigenvalue weighted by Crippen LogP contribution is -2.69. The van der Waals surface area contributed by atoms with E-state index in [9.17, 15) is 4.79 Å². The van der Waals surface area contributed by atoms with Crippen molar-refractivity contribution < 1.29 is 4.79 Å². The standard InChI is InChI=1S/C10H20N2O/c1-4-5-10(11)6-12(7-10)9(13)8(2)3/h8H,4-7,11H2,1-3H3. The van der Waals surface area contributed by atoms with Gasteiger partial charge in [-0.25, -0.2) is 0 Å². The summed E-state index contributed by atoms with van der Waals surface area (Å²) in [5, 5.41) is 0. The van der Waals surface area contributed by atoms with Crippen LogP contribution in [0.4, 0.5) is 0 Å². The first kappa shape index (κ1) is 10.5. The average molecular weight is 184 g/mol. The second-order valence-electron chi connectivity index (χ2n) is 4.46. The van der Waals surface area contributed by atoms with Gasteiger partial charge in [-0.2, -0.15) is 0 Å². The lowest BCUT2D eigenvalue weighted by atomic mass is 9.85. The minimum absolute atomic E-state index is 0.0840. The molecule has 0 saturated carbocycles. The Labute approximate surface area is 80.3 Å². The van der Waals surface area contributed by atoms with Gasteiger partial charge in [-0.05, 0) is 6.42 Å². The molecule has 0 spiro atoms.